The number of aromatic nitrogens is 2. The molecule has 0 aliphatic heterocycles. The van der Waals surface area contributed by atoms with Crippen LogP contribution in [0.2, 0.25) is 5.02 Å². The summed E-state index contributed by atoms with van der Waals surface area (Å²) in [6.07, 6.45) is -6.89. The Kier molecular flexibility index (Phi) is 6.16. The van der Waals surface area contributed by atoms with E-state index in [2.05, 4.69) is 9.97 Å². The molecule has 0 fully saturated rings. The molecule has 34 heavy (non-hydrogen) atoms. The van der Waals surface area contributed by atoms with Crippen molar-refractivity contribution in [2.45, 2.75) is 24.7 Å². The lowest BCUT2D eigenvalue weighted by molar-refractivity contribution is -0.141. The van der Waals surface area contributed by atoms with Crippen LogP contribution in [0.1, 0.15) is 33.9 Å². The summed E-state index contributed by atoms with van der Waals surface area (Å²) in [6, 6.07) is 11.4. The Hall–Kier alpha value is -3.33. The molecular formula is C24H15ClF6N2O. The zero-order valence-corrected chi connectivity index (χ0v) is 17.9. The van der Waals surface area contributed by atoms with Crippen molar-refractivity contribution in [1.29, 1.82) is 0 Å². The van der Waals surface area contributed by atoms with Crippen molar-refractivity contribution in [3.05, 3.63) is 100.0 Å². The Labute approximate surface area is 194 Å². The average molecular weight is 497 g/mol. The topological polar surface area (TPSA) is 46.0 Å². The van der Waals surface area contributed by atoms with Gasteiger partial charge in [-0.2, -0.15) is 26.3 Å². The standard InChI is InChI=1S/C24H15ClF6N2O/c25-19-7-5-15(23(26,27)28)11-18(19)17(10-13-3-8-20(33-12-13)24(29,30)31)16-6-4-14-2-1-9-32-21(14)22(16)34/h1-9,11-12,17,34H,10H2. The Morgan fingerprint density at radius 1 is 0.853 bits per heavy atom. The molecule has 176 valence electrons. The number of alkyl halides is 6. The molecule has 0 spiro atoms. The van der Waals surface area contributed by atoms with Crippen LogP contribution in [0.5, 0.6) is 5.75 Å². The fraction of sp³-hybridized carbons (Fsp3) is 0.167. The fourth-order valence-corrected chi connectivity index (χ4v) is 4.00. The van der Waals surface area contributed by atoms with E-state index in [0.29, 0.717) is 10.9 Å². The summed E-state index contributed by atoms with van der Waals surface area (Å²) in [5.41, 5.74) is -1.21. The second-order valence-electron chi connectivity index (χ2n) is 7.62. The first-order valence-electron chi connectivity index (χ1n) is 9.90. The number of halogens is 7. The van der Waals surface area contributed by atoms with Crippen molar-refractivity contribution in [2.24, 2.45) is 0 Å². The van der Waals surface area contributed by atoms with Crippen molar-refractivity contribution in [1.82, 2.24) is 9.97 Å². The van der Waals surface area contributed by atoms with Gasteiger partial charge < -0.3 is 5.11 Å². The van der Waals surface area contributed by atoms with E-state index in [4.69, 9.17) is 11.6 Å². The maximum Gasteiger partial charge on any atom is 0.433 e. The van der Waals surface area contributed by atoms with Crippen LogP contribution >= 0.6 is 11.6 Å². The van der Waals surface area contributed by atoms with Crippen molar-refractivity contribution >= 4 is 22.5 Å². The second-order valence-corrected chi connectivity index (χ2v) is 8.03. The number of fused-ring (bicyclic) bond motifs is 1. The van der Waals surface area contributed by atoms with Crippen LogP contribution in [-0.2, 0) is 18.8 Å². The highest BCUT2D eigenvalue weighted by molar-refractivity contribution is 6.31. The minimum absolute atomic E-state index is 0.0124. The SMILES string of the molecule is Oc1c(C(Cc2ccc(C(F)(F)F)nc2)c2cc(C(F)(F)F)ccc2Cl)ccc2cccnc12. The zero-order chi connectivity index (χ0) is 24.7. The van der Waals surface area contributed by atoms with Crippen LogP contribution in [0.15, 0.2) is 67.0 Å². The van der Waals surface area contributed by atoms with Gasteiger partial charge in [0.1, 0.15) is 17.0 Å². The van der Waals surface area contributed by atoms with Crippen molar-refractivity contribution < 1.29 is 31.4 Å². The van der Waals surface area contributed by atoms with Crippen molar-refractivity contribution in [3.63, 3.8) is 0 Å². The van der Waals surface area contributed by atoms with E-state index in [-0.39, 0.29) is 33.8 Å². The Morgan fingerprint density at radius 2 is 1.62 bits per heavy atom. The molecule has 0 amide bonds. The zero-order valence-electron chi connectivity index (χ0n) is 17.1. The quantitative estimate of drug-likeness (QED) is 0.299. The third-order valence-electron chi connectivity index (χ3n) is 5.41. The number of nitrogens with zero attached hydrogens (tertiary/aromatic N) is 2. The lowest BCUT2D eigenvalue weighted by atomic mass is 9.84. The van der Waals surface area contributed by atoms with Gasteiger partial charge in [-0.15, -0.1) is 0 Å². The van der Waals surface area contributed by atoms with Gasteiger partial charge in [0.15, 0.2) is 0 Å². The lowest BCUT2D eigenvalue weighted by Gasteiger charge is -2.22. The number of benzene rings is 2. The number of pyridine rings is 2. The van der Waals surface area contributed by atoms with Crippen LogP contribution in [0.25, 0.3) is 10.9 Å². The van der Waals surface area contributed by atoms with Crippen LogP contribution in [-0.4, -0.2) is 15.1 Å². The first-order valence-corrected chi connectivity index (χ1v) is 10.3. The third-order valence-corrected chi connectivity index (χ3v) is 5.75. The van der Waals surface area contributed by atoms with E-state index in [0.717, 1.165) is 30.5 Å². The molecule has 0 saturated carbocycles. The first kappa shape index (κ1) is 23.8. The lowest BCUT2D eigenvalue weighted by Crippen LogP contribution is -2.12. The van der Waals surface area contributed by atoms with Crippen LogP contribution < -0.4 is 0 Å². The highest BCUT2D eigenvalue weighted by Crippen LogP contribution is 2.42. The van der Waals surface area contributed by atoms with E-state index >= 15 is 0 Å². The van der Waals surface area contributed by atoms with Gasteiger partial charge in [0.25, 0.3) is 0 Å². The number of phenolic OH excluding ortho intramolecular Hbond substituents is 1. The van der Waals surface area contributed by atoms with Gasteiger partial charge in [-0.25, -0.2) is 0 Å². The normalized spacial score (nSPS) is 13.3. The monoisotopic (exact) mass is 496 g/mol. The highest BCUT2D eigenvalue weighted by atomic mass is 35.5. The van der Waals surface area contributed by atoms with E-state index in [1.165, 1.54) is 18.3 Å². The summed E-state index contributed by atoms with van der Waals surface area (Å²) >= 11 is 6.28. The molecular weight excluding hydrogens is 482 g/mol. The summed E-state index contributed by atoms with van der Waals surface area (Å²) < 4.78 is 78.9. The van der Waals surface area contributed by atoms with E-state index < -0.39 is 29.5 Å². The Bertz CT molecular complexity index is 1340. The molecule has 2 aromatic heterocycles. The van der Waals surface area contributed by atoms with Gasteiger partial charge in [0, 0.05) is 34.3 Å². The maximum absolute atomic E-state index is 13.4. The molecule has 2 aromatic carbocycles. The van der Waals surface area contributed by atoms with Crippen molar-refractivity contribution in [3.8, 4) is 5.75 Å². The molecule has 0 radical (unpaired) electrons. The van der Waals surface area contributed by atoms with Crippen LogP contribution in [0, 0.1) is 0 Å². The number of hydrogen-bond acceptors (Lipinski definition) is 3. The minimum atomic E-state index is -4.65. The molecule has 4 aromatic rings. The number of rotatable bonds is 4. The molecule has 0 saturated heterocycles. The average Bonchev–Trinajstić information content (AvgIpc) is 2.78. The molecule has 0 bridgehead atoms. The second kappa shape index (κ2) is 8.79. The fourth-order valence-electron chi connectivity index (χ4n) is 3.75. The van der Waals surface area contributed by atoms with Crippen molar-refractivity contribution in [2.75, 3.05) is 0 Å². The number of aromatic hydroxyl groups is 1. The minimum Gasteiger partial charge on any atom is -0.505 e. The van der Waals surface area contributed by atoms with Gasteiger partial charge >= 0.3 is 12.4 Å². The van der Waals surface area contributed by atoms with E-state index in [1.54, 1.807) is 18.2 Å². The number of hydrogen-bond donors (Lipinski definition) is 1. The molecule has 0 aliphatic carbocycles. The maximum atomic E-state index is 13.4. The summed E-state index contributed by atoms with van der Waals surface area (Å²) in [5.74, 6) is -1.18. The first-order chi connectivity index (χ1) is 15.9. The highest BCUT2D eigenvalue weighted by Gasteiger charge is 2.34. The predicted octanol–water partition coefficient (Wildman–Crippen LogP) is 7.40. The van der Waals surface area contributed by atoms with E-state index in [1.807, 2.05) is 0 Å². The third kappa shape index (κ3) is 4.79. The predicted molar refractivity (Wildman–Crippen MR) is 115 cm³/mol. The number of phenols is 1. The summed E-state index contributed by atoms with van der Waals surface area (Å²) in [6.45, 7) is 0. The van der Waals surface area contributed by atoms with E-state index in [9.17, 15) is 31.4 Å². The van der Waals surface area contributed by atoms with Crippen LogP contribution in [0.4, 0.5) is 26.3 Å². The van der Waals surface area contributed by atoms with Gasteiger partial charge in [-0.3, -0.25) is 9.97 Å². The largest absolute Gasteiger partial charge is 0.505 e. The molecule has 0 aliphatic rings. The molecule has 1 N–H and O–H groups in total. The summed E-state index contributed by atoms with van der Waals surface area (Å²) in [4.78, 5) is 7.57. The van der Waals surface area contributed by atoms with Gasteiger partial charge in [-0.1, -0.05) is 35.9 Å². The van der Waals surface area contributed by atoms with Gasteiger partial charge in [-0.05, 0) is 47.9 Å². The molecule has 1 unspecified atom stereocenters. The summed E-state index contributed by atoms with van der Waals surface area (Å²) in [5, 5.41) is 11.6. The molecule has 1 atom stereocenters. The summed E-state index contributed by atoms with van der Waals surface area (Å²) in [7, 11) is 0. The Morgan fingerprint density at radius 3 is 2.26 bits per heavy atom. The van der Waals surface area contributed by atoms with Crippen LogP contribution in [0.3, 0.4) is 0 Å². The molecule has 3 nitrogen and oxygen atoms in total. The Balaban J connectivity index is 1.87. The molecule has 4 rings (SSSR count). The molecule has 10 heteroatoms. The molecule has 2 heterocycles. The smallest absolute Gasteiger partial charge is 0.433 e. The van der Waals surface area contributed by atoms with Gasteiger partial charge in [0.2, 0.25) is 0 Å². The van der Waals surface area contributed by atoms with Gasteiger partial charge in [0.05, 0.1) is 5.56 Å².